The fourth-order valence-corrected chi connectivity index (χ4v) is 5.86. The summed E-state index contributed by atoms with van der Waals surface area (Å²) in [5.41, 5.74) is 1.90. The smallest absolute Gasteiger partial charge is 0.341 e. The molecule has 2 unspecified atom stereocenters. The van der Waals surface area contributed by atoms with Gasteiger partial charge in [0.25, 0.3) is 0 Å². The fraction of sp³-hybridized carbons (Fsp3) is 0.684. The van der Waals surface area contributed by atoms with Crippen molar-refractivity contribution < 1.29 is 9.53 Å². The Bertz CT molecular complexity index is 646. The van der Waals surface area contributed by atoms with E-state index in [1.54, 1.807) is 11.3 Å². The van der Waals surface area contributed by atoms with Gasteiger partial charge in [0.1, 0.15) is 5.00 Å². The van der Waals surface area contributed by atoms with E-state index in [1.807, 2.05) is 6.92 Å². The highest BCUT2D eigenvalue weighted by atomic mass is 32.1. The number of ether oxygens (including phenoxy) is 1. The molecule has 0 aromatic carbocycles. The molecular weight excluding hydrogens is 352 g/mol. The number of piperidine rings is 1. The maximum atomic E-state index is 12.6. The van der Waals surface area contributed by atoms with Gasteiger partial charge in [0.2, 0.25) is 0 Å². The lowest BCUT2D eigenvalue weighted by molar-refractivity contribution is 0.0526. The van der Waals surface area contributed by atoms with Crippen molar-refractivity contribution in [2.75, 3.05) is 11.9 Å². The highest BCUT2D eigenvalue weighted by Crippen LogP contribution is 2.39. The summed E-state index contributed by atoms with van der Waals surface area (Å²) in [5, 5.41) is 5.03. The molecule has 1 aromatic rings. The van der Waals surface area contributed by atoms with Crippen LogP contribution in [0.2, 0.25) is 0 Å². The molecule has 0 radical (unpaired) electrons. The largest absolute Gasteiger partial charge is 0.462 e. The minimum atomic E-state index is -0.216. The average molecular weight is 381 g/mol. The number of fused-ring (bicyclic) bond motifs is 1. The number of carbonyl (C=O) groups is 1. The fourth-order valence-electron chi connectivity index (χ4n) is 4.06. The Kier molecular flexibility index (Phi) is 6.00. The van der Waals surface area contributed by atoms with E-state index >= 15 is 0 Å². The van der Waals surface area contributed by atoms with Crippen LogP contribution in [0, 0.1) is 0 Å². The van der Waals surface area contributed by atoms with Crippen LogP contribution in [-0.2, 0) is 17.6 Å². The predicted octanol–water partition coefficient (Wildman–Crippen LogP) is 4.76. The van der Waals surface area contributed by atoms with Crippen molar-refractivity contribution in [2.24, 2.45) is 0 Å². The second-order valence-corrected chi connectivity index (χ2v) is 8.59. The minimum Gasteiger partial charge on any atom is -0.462 e. The maximum absolute atomic E-state index is 12.6. The molecule has 1 aromatic heterocycles. The number of hydrogen-bond acceptors (Lipinski definition) is 4. The van der Waals surface area contributed by atoms with Gasteiger partial charge in [-0.15, -0.1) is 11.3 Å². The molecule has 4 nitrogen and oxygen atoms in total. The van der Waals surface area contributed by atoms with Gasteiger partial charge in [-0.3, -0.25) is 0 Å². The van der Waals surface area contributed by atoms with E-state index in [4.69, 9.17) is 17.0 Å². The summed E-state index contributed by atoms with van der Waals surface area (Å²) in [6.07, 6.45) is 7.93. The van der Waals surface area contributed by atoms with E-state index in [2.05, 4.69) is 24.1 Å². The van der Waals surface area contributed by atoms with Gasteiger partial charge in [-0.1, -0.05) is 0 Å². The first-order valence-electron chi connectivity index (χ1n) is 9.43. The SMILES string of the molecule is CCOC(=O)c1c(NC(=S)N2C(C)CCCC2C)sc2c1CCCC2. The number of likely N-dealkylation sites (tertiary alicyclic amines) is 1. The quantitative estimate of drug-likeness (QED) is 0.605. The molecule has 1 aliphatic heterocycles. The van der Waals surface area contributed by atoms with Gasteiger partial charge in [0.05, 0.1) is 12.2 Å². The van der Waals surface area contributed by atoms with Gasteiger partial charge in [-0.05, 0) is 83.5 Å². The van der Waals surface area contributed by atoms with Crippen LogP contribution in [0.3, 0.4) is 0 Å². The monoisotopic (exact) mass is 380 g/mol. The first-order valence-corrected chi connectivity index (χ1v) is 10.7. The van der Waals surface area contributed by atoms with E-state index in [1.165, 1.54) is 23.3 Å². The zero-order valence-corrected chi connectivity index (χ0v) is 17.0. The van der Waals surface area contributed by atoms with Crippen LogP contribution >= 0.6 is 23.6 Å². The number of anilines is 1. The van der Waals surface area contributed by atoms with Crippen molar-refractivity contribution in [3.8, 4) is 0 Å². The summed E-state index contributed by atoms with van der Waals surface area (Å²) in [5.74, 6) is -0.216. The average Bonchev–Trinajstić information content (AvgIpc) is 2.92. The molecule has 1 saturated heterocycles. The molecule has 1 fully saturated rings. The van der Waals surface area contributed by atoms with Crippen molar-refractivity contribution in [3.05, 3.63) is 16.0 Å². The lowest BCUT2D eigenvalue weighted by Gasteiger charge is -2.40. The lowest BCUT2D eigenvalue weighted by Crippen LogP contribution is -2.49. The molecule has 0 bridgehead atoms. The molecule has 3 rings (SSSR count). The lowest BCUT2D eigenvalue weighted by atomic mass is 9.95. The molecule has 2 aliphatic rings. The normalized spacial score (nSPS) is 23.1. The Balaban J connectivity index is 1.87. The molecule has 2 atom stereocenters. The summed E-state index contributed by atoms with van der Waals surface area (Å²) >= 11 is 7.42. The number of carbonyl (C=O) groups excluding carboxylic acids is 1. The van der Waals surface area contributed by atoms with Crippen molar-refractivity contribution in [1.82, 2.24) is 4.90 Å². The molecule has 0 spiro atoms. The first kappa shape index (κ1) is 18.6. The van der Waals surface area contributed by atoms with Gasteiger partial charge < -0.3 is 15.0 Å². The van der Waals surface area contributed by atoms with Gasteiger partial charge in [-0.25, -0.2) is 4.79 Å². The Hall–Kier alpha value is -1.14. The highest BCUT2D eigenvalue weighted by molar-refractivity contribution is 7.80. The van der Waals surface area contributed by atoms with Crippen molar-refractivity contribution in [1.29, 1.82) is 0 Å². The Morgan fingerprint density at radius 3 is 2.60 bits per heavy atom. The van der Waals surface area contributed by atoms with E-state index in [-0.39, 0.29) is 5.97 Å². The molecule has 25 heavy (non-hydrogen) atoms. The molecule has 0 saturated carbocycles. The highest BCUT2D eigenvalue weighted by Gasteiger charge is 2.30. The molecule has 0 amide bonds. The van der Waals surface area contributed by atoms with Crippen molar-refractivity contribution >= 4 is 39.6 Å². The number of esters is 1. The summed E-state index contributed by atoms with van der Waals surface area (Å²) in [6, 6.07) is 0.869. The zero-order chi connectivity index (χ0) is 18.0. The Labute approximate surface area is 159 Å². The van der Waals surface area contributed by atoms with Gasteiger partial charge in [-0.2, -0.15) is 0 Å². The summed E-state index contributed by atoms with van der Waals surface area (Å²) in [4.78, 5) is 16.2. The molecule has 1 N–H and O–H groups in total. The Morgan fingerprint density at radius 2 is 1.92 bits per heavy atom. The number of thiocarbonyl (C=S) groups is 1. The van der Waals surface area contributed by atoms with Crippen molar-refractivity contribution in [3.63, 3.8) is 0 Å². The van der Waals surface area contributed by atoms with Gasteiger partial charge in [0, 0.05) is 17.0 Å². The topological polar surface area (TPSA) is 41.6 Å². The predicted molar refractivity (Wildman–Crippen MR) is 108 cm³/mol. The van der Waals surface area contributed by atoms with Gasteiger partial charge >= 0.3 is 5.97 Å². The second-order valence-electron chi connectivity index (χ2n) is 7.10. The van der Waals surface area contributed by atoms with Crippen LogP contribution in [0.1, 0.15) is 73.7 Å². The van der Waals surface area contributed by atoms with E-state index in [9.17, 15) is 4.79 Å². The van der Waals surface area contributed by atoms with Crippen LogP contribution in [-0.4, -0.2) is 34.7 Å². The third-order valence-electron chi connectivity index (χ3n) is 5.30. The molecule has 138 valence electrons. The van der Waals surface area contributed by atoms with Crippen LogP contribution in [0.5, 0.6) is 0 Å². The summed E-state index contributed by atoms with van der Waals surface area (Å²) in [6.45, 7) is 6.71. The van der Waals surface area contributed by atoms with Crippen LogP contribution in [0.4, 0.5) is 5.00 Å². The number of thiophene rings is 1. The summed E-state index contributed by atoms with van der Waals surface area (Å²) in [7, 11) is 0. The van der Waals surface area contributed by atoms with Crippen LogP contribution in [0.15, 0.2) is 0 Å². The molecule has 6 heteroatoms. The number of nitrogens with one attached hydrogen (secondary N) is 1. The second kappa shape index (κ2) is 8.04. The first-order chi connectivity index (χ1) is 12.0. The molecule has 1 aliphatic carbocycles. The van der Waals surface area contributed by atoms with E-state index in [0.717, 1.165) is 47.8 Å². The number of rotatable bonds is 3. The van der Waals surface area contributed by atoms with Crippen LogP contribution in [0.25, 0.3) is 0 Å². The van der Waals surface area contributed by atoms with Gasteiger partial charge in [0.15, 0.2) is 5.11 Å². The third kappa shape index (κ3) is 3.85. The molecule has 2 heterocycles. The number of nitrogens with zero attached hydrogens (tertiary/aromatic N) is 1. The molecular formula is C19H28N2O2S2. The van der Waals surface area contributed by atoms with Crippen LogP contribution < -0.4 is 5.32 Å². The number of aryl methyl sites for hydroxylation is 1. The van der Waals surface area contributed by atoms with Crippen molar-refractivity contribution in [2.45, 2.75) is 77.8 Å². The minimum absolute atomic E-state index is 0.216. The third-order valence-corrected chi connectivity index (χ3v) is 6.82. The number of hydrogen-bond donors (Lipinski definition) is 1. The standard InChI is InChI=1S/C19H28N2O2S2/c1-4-23-18(22)16-14-10-5-6-11-15(14)25-17(16)20-19(24)21-12(2)8-7-9-13(21)3/h12-13H,4-11H2,1-3H3,(H,20,24). The summed E-state index contributed by atoms with van der Waals surface area (Å²) < 4.78 is 5.33. The van der Waals surface area contributed by atoms with E-state index < -0.39 is 0 Å². The zero-order valence-electron chi connectivity index (χ0n) is 15.4. The van der Waals surface area contributed by atoms with E-state index in [0.29, 0.717) is 18.7 Å². The maximum Gasteiger partial charge on any atom is 0.341 e. The Morgan fingerprint density at radius 1 is 1.24 bits per heavy atom.